The van der Waals surface area contributed by atoms with Crippen molar-refractivity contribution in [1.29, 1.82) is 0 Å². The number of hydrogen-bond donors (Lipinski definition) is 1. The average Bonchev–Trinajstić information content (AvgIpc) is 2.21. The van der Waals surface area contributed by atoms with Crippen LogP contribution in [-0.2, 0) is 9.53 Å². The fourth-order valence-electron chi connectivity index (χ4n) is 1.14. The number of para-hydroxylation sites is 1. The second kappa shape index (κ2) is 6.66. The van der Waals surface area contributed by atoms with E-state index >= 15 is 0 Å². The van der Waals surface area contributed by atoms with Gasteiger partial charge >= 0.3 is 5.97 Å². The van der Waals surface area contributed by atoms with Gasteiger partial charge < -0.3 is 10.1 Å². The molecule has 1 aromatic rings. The van der Waals surface area contributed by atoms with Crippen LogP contribution < -0.4 is 5.32 Å². The molecule has 1 aromatic carbocycles. The molecule has 0 aromatic heterocycles. The van der Waals surface area contributed by atoms with Crippen molar-refractivity contribution >= 4 is 34.2 Å². The number of hydrogen-bond acceptors (Lipinski definition) is 3. The van der Waals surface area contributed by atoms with Crippen molar-refractivity contribution in [3.05, 3.63) is 27.8 Å². The summed E-state index contributed by atoms with van der Waals surface area (Å²) in [7, 11) is 0. The van der Waals surface area contributed by atoms with Crippen molar-refractivity contribution < 1.29 is 9.53 Å². The van der Waals surface area contributed by atoms with Crippen LogP contribution in [0.2, 0.25) is 0 Å². The van der Waals surface area contributed by atoms with Crippen LogP contribution in [0, 0.1) is 3.57 Å². The molecule has 0 fully saturated rings. The molecule has 4 heteroatoms. The van der Waals surface area contributed by atoms with E-state index in [0.29, 0.717) is 19.6 Å². The molecular weight excluding hydrogens is 305 g/mol. The number of esters is 1. The highest BCUT2D eigenvalue weighted by atomic mass is 127. The molecular formula is C11H14INO2. The second-order valence-corrected chi connectivity index (χ2v) is 4.12. The lowest BCUT2D eigenvalue weighted by Crippen LogP contribution is -2.11. The van der Waals surface area contributed by atoms with Crippen molar-refractivity contribution in [2.24, 2.45) is 0 Å². The van der Waals surface area contributed by atoms with Crippen LogP contribution in [0.4, 0.5) is 5.69 Å². The number of nitrogens with one attached hydrogen (secondary N) is 1. The van der Waals surface area contributed by atoms with Gasteiger partial charge in [0, 0.05) is 15.8 Å². The van der Waals surface area contributed by atoms with Gasteiger partial charge in [-0.2, -0.15) is 0 Å². The predicted octanol–water partition coefficient (Wildman–Crippen LogP) is 2.66. The maximum absolute atomic E-state index is 11.1. The Morgan fingerprint density at radius 2 is 2.20 bits per heavy atom. The highest BCUT2D eigenvalue weighted by Crippen LogP contribution is 2.16. The van der Waals surface area contributed by atoms with E-state index in [0.717, 1.165) is 9.26 Å². The molecule has 0 saturated carbocycles. The average molecular weight is 319 g/mol. The number of rotatable bonds is 5. The van der Waals surface area contributed by atoms with E-state index in [1.54, 1.807) is 0 Å². The Morgan fingerprint density at radius 3 is 2.87 bits per heavy atom. The molecule has 0 amide bonds. The van der Waals surface area contributed by atoms with Crippen LogP contribution in [0.3, 0.4) is 0 Å². The summed E-state index contributed by atoms with van der Waals surface area (Å²) in [5.74, 6) is -0.157. The number of benzene rings is 1. The monoisotopic (exact) mass is 319 g/mol. The standard InChI is InChI=1S/C11H14INO2/c1-2-15-11(14)7-8-13-10-6-4-3-5-9(10)12/h3-6,13H,2,7-8H2,1H3. The van der Waals surface area contributed by atoms with Crippen LogP contribution >= 0.6 is 22.6 Å². The van der Waals surface area contributed by atoms with Crippen molar-refractivity contribution in [3.8, 4) is 0 Å². The van der Waals surface area contributed by atoms with Crippen molar-refractivity contribution in [2.75, 3.05) is 18.5 Å². The Balaban J connectivity index is 2.32. The number of carbonyl (C=O) groups excluding carboxylic acids is 1. The number of anilines is 1. The highest BCUT2D eigenvalue weighted by molar-refractivity contribution is 14.1. The van der Waals surface area contributed by atoms with Gasteiger partial charge in [0.15, 0.2) is 0 Å². The van der Waals surface area contributed by atoms with Crippen LogP contribution in [-0.4, -0.2) is 19.1 Å². The summed E-state index contributed by atoms with van der Waals surface area (Å²) in [6.07, 6.45) is 0.402. The molecule has 82 valence electrons. The van der Waals surface area contributed by atoms with Crippen molar-refractivity contribution in [1.82, 2.24) is 0 Å². The van der Waals surface area contributed by atoms with Gasteiger partial charge in [-0.15, -0.1) is 0 Å². The molecule has 0 atom stereocenters. The Kier molecular flexibility index (Phi) is 5.45. The third-order valence-corrected chi connectivity index (χ3v) is 2.76. The van der Waals surface area contributed by atoms with Crippen LogP contribution in [0.15, 0.2) is 24.3 Å². The molecule has 0 unspecified atom stereocenters. The van der Waals surface area contributed by atoms with Gasteiger partial charge in [-0.1, -0.05) is 12.1 Å². The van der Waals surface area contributed by atoms with Gasteiger partial charge in [0.25, 0.3) is 0 Å². The summed E-state index contributed by atoms with van der Waals surface area (Å²) in [5, 5.41) is 3.19. The number of halogens is 1. The molecule has 0 aliphatic heterocycles. The van der Waals surface area contributed by atoms with Gasteiger partial charge in [0.1, 0.15) is 0 Å². The predicted molar refractivity (Wildman–Crippen MR) is 68.9 cm³/mol. The first-order chi connectivity index (χ1) is 7.24. The van der Waals surface area contributed by atoms with Crippen LogP contribution in [0.1, 0.15) is 13.3 Å². The van der Waals surface area contributed by atoms with E-state index in [4.69, 9.17) is 4.74 Å². The molecule has 0 heterocycles. The number of ether oxygens (including phenoxy) is 1. The summed E-state index contributed by atoms with van der Waals surface area (Å²) in [6, 6.07) is 7.97. The largest absolute Gasteiger partial charge is 0.466 e. The molecule has 0 radical (unpaired) electrons. The zero-order valence-corrected chi connectivity index (χ0v) is 10.8. The minimum absolute atomic E-state index is 0.157. The maximum Gasteiger partial charge on any atom is 0.307 e. The van der Waals surface area contributed by atoms with Crippen LogP contribution in [0.25, 0.3) is 0 Å². The zero-order valence-electron chi connectivity index (χ0n) is 8.63. The fraction of sp³-hybridized carbons (Fsp3) is 0.364. The van der Waals surface area contributed by atoms with E-state index < -0.39 is 0 Å². The lowest BCUT2D eigenvalue weighted by molar-refractivity contribution is -0.142. The summed E-state index contributed by atoms with van der Waals surface area (Å²) < 4.78 is 5.98. The first kappa shape index (κ1) is 12.3. The molecule has 0 saturated heterocycles. The molecule has 1 rings (SSSR count). The first-order valence-electron chi connectivity index (χ1n) is 4.88. The summed E-state index contributed by atoms with van der Waals surface area (Å²) in [6.45, 7) is 2.87. The SMILES string of the molecule is CCOC(=O)CCNc1ccccc1I. The molecule has 0 bridgehead atoms. The van der Waals surface area contributed by atoms with Gasteiger partial charge in [-0.25, -0.2) is 0 Å². The summed E-state index contributed by atoms with van der Waals surface area (Å²) >= 11 is 2.26. The quantitative estimate of drug-likeness (QED) is 0.670. The summed E-state index contributed by atoms with van der Waals surface area (Å²) in [5.41, 5.74) is 1.06. The zero-order chi connectivity index (χ0) is 11.1. The van der Waals surface area contributed by atoms with E-state index in [1.165, 1.54) is 0 Å². The molecule has 0 aliphatic carbocycles. The molecule has 15 heavy (non-hydrogen) atoms. The third-order valence-electron chi connectivity index (χ3n) is 1.82. The lowest BCUT2D eigenvalue weighted by Gasteiger charge is -2.07. The second-order valence-electron chi connectivity index (χ2n) is 2.96. The van der Waals surface area contributed by atoms with Gasteiger partial charge in [0.2, 0.25) is 0 Å². The Bertz CT molecular complexity index is 328. The topological polar surface area (TPSA) is 38.3 Å². The Labute approximate surface area is 103 Å². The van der Waals surface area contributed by atoms with Gasteiger partial charge in [0.05, 0.1) is 13.0 Å². The normalized spacial score (nSPS) is 9.73. The van der Waals surface area contributed by atoms with Crippen LogP contribution in [0.5, 0.6) is 0 Å². The molecule has 1 N–H and O–H groups in total. The maximum atomic E-state index is 11.1. The third kappa shape index (κ3) is 4.51. The van der Waals surface area contributed by atoms with Crippen molar-refractivity contribution in [2.45, 2.75) is 13.3 Å². The summed E-state index contributed by atoms with van der Waals surface area (Å²) in [4.78, 5) is 11.1. The first-order valence-corrected chi connectivity index (χ1v) is 5.96. The Hall–Kier alpha value is -0.780. The lowest BCUT2D eigenvalue weighted by atomic mass is 10.3. The van der Waals surface area contributed by atoms with Crippen molar-refractivity contribution in [3.63, 3.8) is 0 Å². The molecule has 0 aliphatic rings. The molecule has 3 nitrogen and oxygen atoms in total. The van der Waals surface area contributed by atoms with E-state index in [-0.39, 0.29) is 5.97 Å². The van der Waals surface area contributed by atoms with Gasteiger partial charge in [-0.05, 0) is 41.6 Å². The smallest absolute Gasteiger partial charge is 0.307 e. The fourth-order valence-corrected chi connectivity index (χ4v) is 1.72. The van der Waals surface area contributed by atoms with E-state index in [1.807, 2.05) is 31.2 Å². The minimum Gasteiger partial charge on any atom is -0.466 e. The van der Waals surface area contributed by atoms with E-state index in [2.05, 4.69) is 27.9 Å². The molecule has 0 spiro atoms. The minimum atomic E-state index is -0.157. The number of carbonyl (C=O) groups is 1. The van der Waals surface area contributed by atoms with Gasteiger partial charge in [-0.3, -0.25) is 4.79 Å². The van der Waals surface area contributed by atoms with E-state index in [9.17, 15) is 4.79 Å². The highest BCUT2D eigenvalue weighted by Gasteiger charge is 2.01. The Morgan fingerprint density at radius 1 is 1.47 bits per heavy atom.